The Morgan fingerprint density at radius 3 is 2.65 bits per heavy atom. The van der Waals surface area contributed by atoms with Gasteiger partial charge in [0.25, 0.3) is 5.56 Å². The summed E-state index contributed by atoms with van der Waals surface area (Å²) in [5.41, 5.74) is 2.18. The largest absolute Gasteiger partial charge is 0.311 e. The molecule has 0 radical (unpaired) electrons. The van der Waals surface area contributed by atoms with Crippen molar-refractivity contribution in [3.05, 3.63) is 46.9 Å². The van der Waals surface area contributed by atoms with Crippen molar-refractivity contribution >= 4 is 10.0 Å². The van der Waals surface area contributed by atoms with E-state index in [1.807, 2.05) is 23.6 Å². The van der Waals surface area contributed by atoms with Gasteiger partial charge in [0.2, 0.25) is 10.0 Å². The fourth-order valence-electron chi connectivity index (χ4n) is 4.17. The van der Waals surface area contributed by atoms with Crippen molar-refractivity contribution in [1.82, 2.24) is 18.8 Å². The molecule has 0 amide bonds. The molecule has 138 valence electrons. The average Bonchev–Trinajstić information content (AvgIpc) is 2.63. The standard InChI is InChI=1S/C18H22N4O3S/c1-2-5-26(24,25)21-9-13-6-14(11-21)17-4-3-16(18(23)22(17)10-13)15-7-19-12-20-8-15/h3-4,7-8,12-14H,2,5-6,9-11H2,1H3. The van der Waals surface area contributed by atoms with E-state index in [9.17, 15) is 13.2 Å². The first-order valence-corrected chi connectivity index (χ1v) is 10.6. The molecule has 4 rings (SSSR count). The van der Waals surface area contributed by atoms with Crippen LogP contribution in [0.5, 0.6) is 0 Å². The normalized spacial score (nSPS) is 22.8. The molecule has 2 aliphatic rings. The Balaban J connectivity index is 1.70. The molecule has 2 aliphatic heterocycles. The Bertz CT molecular complexity index is 972. The molecule has 2 atom stereocenters. The highest BCUT2D eigenvalue weighted by atomic mass is 32.2. The Hall–Kier alpha value is -2.06. The van der Waals surface area contributed by atoms with Crippen LogP contribution in [0, 0.1) is 5.92 Å². The molecule has 0 saturated carbocycles. The maximum absolute atomic E-state index is 13.0. The molecular weight excluding hydrogens is 352 g/mol. The number of piperidine rings is 1. The summed E-state index contributed by atoms with van der Waals surface area (Å²) in [7, 11) is -3.21. The zero-order chi connectivity index (χ0) is 18.3. The Kier molecular flexibility index (Phi) is 4.40. The summed E-state index contributed by atoms with van der Waals surface area (Å²) in [6, 6.07) is 3.77. The minimum atomic E-state index is -3.21. The van der Waals surface area contributed by atoms with Crippen LogP contribution in [0.3, 0.4) is 0 Å². The predicted octanol–water partition coefficient (Wildman–Crippen LogP) is 1.46. The Labute approximate surface area is 152 Å². The van der Waals surface area contributed by atoms with E-state index in [0.29, 0.717) is 37.2 Å². The van der Waals surface area contributed by atoms with Crippen LogP contribution in [-0.4, -0.2) is 46.1 Å². The third-order valence-corrected chi connectivity index (χ3v) is 7.31. The van der Waals surface area contributed by atoms with Crippen LogP contribution in [-0.2, 0) is 16.6 Å². The molecule has 8 heteroatoms. The number of fused-ring (bicyclic) bond motifs is 4. The Morgan fingerprint density at radius 2 is 1.92 bits per heavy atom. The number of rotatable bonds is 4. The van der Waals surface area contributed by atoms with Crippen molar-refractivity contribution in [2.45, 2.75) is 32.2 Å². The molecule has 4 heterocycles. The van der Waals surface area contributed by atoms with Crippen LogP contribution in [0.15, 0.2) is 35.6 Å². The summed E-state index contributed by atoms with van der Waals surface area (Å²) < 4.78 is 28.4. The number of nitrogens with zero attached hydrogens (tertiary/aromatic N) is 4. The third kappa shape index (κ3) is 2.97. The molecule has 0 aliphatic carbocycles. The first kappa shape index (κ1) is 17.4. The van der Waals surface area contributed by atoms with E-state index in [4.69, 9.17) is 0 Å². The van der Waals surface area contributed by atoms with E-state index >= 15 is 0 Å². The van der Waals surface area contributed by atoms with Gasteiger partial charge in [-0.2, -0.15) is 0 Å². The number of sulfonamides is 1. The number of hydrogen-bond acceptors (Lipinski definition) is 5. The fraction of sp³-hybridized carbons (Fsp3) is 0.500. The van der Waals surface area contributed by atoms with Crippen LogP contribution in [0.4, 0.5) is 0 Å². The smallest absolute Gasteiger partial charge is 0.258 e. The molecule has 2 aromatic rings. The minimum absolute atomic E-state index is 0.0446. The molecule has 0 N–H and O–H groups in total. The van der Waals surface area contributed by atoms with Gasteiger partial charge in [-0.25, -0.2) is 22.7 Å². The van der Waals surface area contributed by atoms with Gasteiger partial charge in [-0.05, 0) is 30.9 Å². The molecule has 2 unspecified atom stereocenters. The minimum Gasteiger partial charge on any atom is -0.311 e. The monoisotopic (exact) mass is 374 g/mol. The van der Waals surface area contributed by atoms with Crippen molar-refractivity contribution in [3.8, 4) is 11.1 Å². The highest BCUT2D eigenvalue weighted by Gasteiger charge is 2.38. The molecule has 7 nitrogen and oxygen atoms in total. The van der Waals surface area contributed by atoms with Gasteiger partial charge in [-0.3, -0.25) is 4.79 Å². The quantitative estimate of drug-likeness (QED) is 0.809. The van der Waals surface area contributed by atoms with E-state index in [1.165, 1.54) is 6.33 Å². The van der Waals surface area contributed by atoms with Crippen LogP contribution in [0.25, 0.3) is 11.1 Å². The number of aromatic nitrogens is 3. The average molecular weight is 374 g/mol. The lowest BCUT2D eigenvalue weighted by atomic mass is 9.84. The summed E-state index contributed by atoms with van der Waals surface area (Å²) >= 11 is 0. The highest BCUT2D eigenvalue weighted by molar-refractivity contribution is 7.89. The summed E-state index contributed by atoms with van der Waals surface area (Å²) in [5.74, 6) is 0.433. The molecule has 26 heavy (non-hydrogen) atoms. The van der Waals surface area contributed by atoms with Crippen molar-refractivity contribution in [2.24, 2.45) is 5.92 Å². The second-order valence-electron chi connectivity index (χ2n) is 7.15. The maximum atomic E-state index is 13.0. The molecule has 1 saturated heterocycles. The molecular formula is C18H22N4O3S. The lowest BCUT2D eigenvalue weighted by Crippen LogP contribution is -2.49. The Morgan fingerprint density at radius 1 is 1.15 bits per heavy atom. The van der Waals surface area contributed by atoms with Crippen LogP contribution < -0.4 is 5.56 Å². The van der Waals surface area contributed by atoms with Gasteiger partial charge in [0.1, 0.15) is 6.33 Å². The SMILES string of the molecule is CCCS(=O)(=O)N1CC2CC(C1)c1ccc(-c3cncnc3)c(=O)n1C2. The van der Waals surface area contributed by atoms with Gasteiger partial charge in [0, 0.05) is 49.2 Å². The number of hydrogen-bond donors (Lipinski definition) is 0. The number of pyridine rings is 1. The lowest BCUT2D eigenvalue weighted by molar-refractivity contribution is 0.186. The van der Waals surface area contributed by atoms with Crippen molar-refractivity contribution in [3.63, 3.8) is 0 Å². The van der Waals surface area contributed by atoms with Crippen LogP contribution in [0.1, 0.15) is 31.4 Å². The van der Waals surface area contributed by atoms with Crippen LogP contribution in [0.2, 0.25) is 0 Å². The summed E-state index contributed by atoms with van der Waals surface area (Å²) in [6.45, 7) is 3.41. The molecule has 1 fully saturated rings. The van der Waals surface area contributed by atoms with E-state index in [-0.39, 0.29) is 23.1 Å². The summed E-state index contributed by atoms with van der Waals surface area (Å²) in [5, 5.41) is 0. The van der Waals surface area contributed by atoms with Gasteiger partial charge in [-0.15, -0.1) is 0 Å². The maximum Gasteiger partial charge on any atom is 0.258 e. The summed E-state index contributed by atoms with van der Waals surface area (Å²) in [4.78, 5) is 21.0. The predicted molar refractivity (Wildman–Crippen MR) is 98.2 cm³/mol. The van der Waals surface area contributed by atoms with Gasteiger partial charge in [-0.1, -0.05) is 6.92 Å². The second-order valence-corrected chi connectivity index (χ2v) is 9.23. The molecule has 0 aromatic carbocycles. The second kappa shape index (κ2) is 6.59. The fourth-order valence-corrected chi connectivity index (χ4v) is 5.79. The van der Waals surface area contributed by atoms with E-state index < -0.39 is 10.0 Å². The van der Waals surface area contributed by atoms with E-state index in [2.05, 4.69) is 9.97 Å². The van der Waals surface area contributed by atoms with Gasteiger partial charge in [0.05, 0.1) is 11.3 Å². The summed E-state index contributed by atoms with van der Waals surface area (Å²) in [6.07, 6.45) is 6.27. The molecule has 0 spiro atoms. The van der Waals surface area contributed by atoms with Gasteiger partial charge < -0.3 is 4.57 Å². The van der Waals surface area contributed by atoms with E-state index in [0.717, 1.165) is 12.1 Å². The van der Waals surface area contributed by atoms with E-state index in [1.54, 1.807) is 16.7 Å². The van der Waals surface area contributed by atoms with Crippen molar-refractivity contribution < 1.29 is 8.42 Å². The van der Waals surface area contributed by atoms with Crippen molar-refractivity contribution in [1.29, 1.82) is 0 Å². The van der Waals surface area contributed by atoms with Crippen molar-refractivity contribution in [2.75, 3.05) is 18.8 Å². The highest BCUT2D eigenvalue weighted by Crippen LogP contribution is 2.36. The zero-order valence-electron chi connectivity index (χ0n) is 14.7. The molecule has 2 aromatic heterocycles. The zero-order valence-corrected chi connectivity index (χ0v) is 15.5. The lowest BCUT2D eigenvalue weighted by Gasteiger charge is -2.42. The molecule has 2 bridgehead atoms. The first-order chi connectivity index (χ1) is 12.5. The third-order valence-electron chi connectivity index (χ3n) is 5.30. The van der Waals surface area contributed by atoms with Gasteiger partial charge in [0.15, 0.2) is 0 Å². The van der Waals surface area contributed by atoms with Gasteiger partial charge >= 0.3 is 0 Å². The first-order valence-electron chi connectivity index (χ1n) is 8.96. The topological polar surface area (TPSA) is 85.2 Å². The van der Waals surface area contributed by atoms with Crippen LogP contribution >= 0.6 is 0 Å².